The maximum absolute atomic E-state index is 13.2. The summed E-state index contributed by atoms with van der Waals surface area (Å²) in [7, 11) is 0. The molecule has 192 valence electrons. The minimum absolute atomic E-state index is 0.0440. The van der Waals surface area contributed by atoms with Gasteiger partial charge in [0.05, 0.1) is 12.6 Å². The van der Waals surface area contributed by atoms with Crippen LogP contribution in [0.15, 0.2) is 48.5 Å². The van der Waals surface area contributed by atoms with Crippen molar-refractivity contribution in [1.82, 2.24) is 15.5 Å². The van der Waals surface area contributed by atoms with Gasteiger partial charge in [0.2, 0.25) is 17.7 Å². The fourth-order valence-electron chi connectivity index (χ4n) is 4.08. The molecule has 1 aliphatic rings. The van der Waals surface area contributed by atoms with E-state index in [4.69, 9.17) is 5.73 Å². The Morgan fingerprint density at radius 3 is 2.06 bits per heavy atom. The van der Waals surface area contributed by atoms with E-state index in [9.17, 15) is 34.5 Å². The van der Waals surface area contributed by atoms with Crippen LogP contribution in [-0.2, 0) is 32.0 Å². The molecule has 3 rings (SSSR count). The van der Waals surface area contributed by atoms with E-state index in [0.717, 1.165) is 5.56 Å². The minimum atomic E-state index is -1.11. The molecular weight excluding hydrogens is 468 g/mol. The summed E-state index contributed by atoms with van der Waals surface area (Å²) in [6, 6.07) is 9.37. The van der Waals surface area contributed by atoms with E-state index in [2.05, 4.69) is 10.6 Å². The van der Waals surface area contributed by atoms with E-state index in [1.54, 1.807) is 24.3 Å². The Balaban J connectivity index is 1.62. The molecule has 0 aromatic heterocycles. The molecule has 1 heterocycles. The first-order valence-corrected chi connectivity index (χ1v) is 11.6. The Labute approximate surface area is 207 Å². The van der Waals surface area contributed by atoms with Gasteiger partial charge in [-0.25, -0.2) is 4.79 Å². The number of hydrogen-bond donors (Lipinski definition) is 6. The summed E-state index contributed by atoms with van der Waals surface area (Å²) >= 11 is 0. The standard InChI is InChI=1S/C25H30N4O7/c26-19(12-15-3-7-17(30)8-4-15)23(33)27-14-22(32)28-20(13-16-5-9-18(31)10-6-16)24(34)29-11-1-2-21(29)25(35)36/h3-10,19-21,30-31H,1-2,11-14,26H2,(H,27,33)(H,28,32)(H,35,36). The van der Waals surface area contributed by atoms with E-state index >= 15 is 0 Å². The van der Waals surface area contributed by atoms with Gasteiger partial charge in [0, 0.05) is 13.0 Å². The number of nitrogens with two attached hydrogens (primary N) is 1. The van der Waals surface area contributed by atoms with Gasteiger partial charge in [-0.1, -0.05) is 24.3 Å². The Morgan fingerprint density at radius 1 is 0.944 bits per heavy atom. The molecule has 11 heteroatoms. The highest BCUT2D eigenvalue weighted by Gasteiger charge is 2.37. The summed E-state index contributed by atoms with van der Waals surface area (Å²) in [5.74, 6) is -2.70. The normalized spacial score (nSPS) is 16.7. The lowest BCUT2D eigenvalue weighted by molar-refractivity contribution is -0.149. The van der Waals surface area contributed by atoms with Gasteiger partial charge in [0.15, 0.2) is 0 Å². The largest absolute Gasteiger partial charge is 0.508 e. The second kappa shape index (κ2) is 12.0. The Hall–Kier alpha value is -4.12. The molecule has 1 saturated heterocycles. The van der Waals surface area contributed by atoms with Gasteiger partial charge in [-0.15, -0.1) is 0 Å². The zero-order valence-electron chi connectivity index (χ0n) is 19.6. The molecule has 0 radical (unpaired) electrons. The molecule has 3 atom stereocenters. The molecule has 0 saturated carbocycles. The van der Waals surface area contributed by atoms with Gasteiger partial charge < -0.3 is 36.6 Å². The lowest BCUT2D eigenvalue weighted by atomic mass is 10.0. The first-order valence-electron chi connectivity index (χ1n) is 11.6. The summed E-state index contributed by atoms with van der Waals surface area (Å²) in [5, 5.41) is 33.4. The highest BCUT2D eigenvalue weighted by atomic mass is 16.4. The fourth-order valence-corrected chi connectivity index (χ4v) is 4.08. The van der Waals surface area contributed by atoms with Crippen LogP contribution in [0.25, 0.3) is 0 Å². The Kier molecular flexibility index (Phi) is 8.85. The van der Waals surface area contributed by atoms with Crippen LogP contribution in [0.1, 0.15) is 24.0 Å². The average molecular weight is 499 g/mol. The number of likely N-dealkylation sites (tertiary alicyclic amines) is 1. The monoisotopic (exact) mass is 498 g/mol. The molecule has 1 fully saturated rings. The van der Waals surface area contributed by atoms with Crippen LogP contribution in [0.3, 0.4) is 0 Å². The van der Waals surface area contributed by atoms with Gasteiger partial charge in [0.25, 0.3) is 0 Å². The van der Waals surface area contributed by atoms with Gasteiger partial charge >= 0.3 is 5.97 Å². The number of hydrogen-bond acceptors (Lipinski definition) is 7. The van der Waals surface area contributed by atoms with Gasteiger partial charge in [-0.05, 0) is 54.7 Å². The number of nitrogens with one attached hydrogen (secondary N) is 2. The van der Waals surface area contributed by atoms with Crippen LogP contribution in [-0.4, -0.2) is 75.1 Å². The molecule has 3 unspecified atom stereocenters. The second-order valence-electron chi connectivity index (χ2n) is 8.71. The maximum Gasteiger partial charge on any atom is 0.326 e. The SMILES string of the molecule is NC(Cc1ccc(O)cc1)C(=O)NCC(=O)NC(Cc1ccc(O)cc1)C(=O)N1CCCC1C(=O)O. The number of amides is 3. The number of nitrogens with zero attached hydrogens (tertiary/aromatic N) is 1. The number of aliphatic carboxylic acids is 1. The molecule has 0 spiro atoms. The molecule has 3 amide bonds. The van der Waals surface area contributed by atoms with Crippen molar-refractivity contribution < 1.29 is 34.5 Å². The number of carbonyl (C=O) groups is 4. The van der Waals surface area contributed by atoms with Crippen molar-refractivity contribution >= 4 is 23.7 Å². The van der Waals surface area contributed by atoms with Crippen molar-refractivity contribution in [2.75, 3.05) is 13.1 Å². The molecule has 0 aliphatic carbocycles. The van der Waals surface area contributed by atoms with E-state index in [0.29, 0.717) is 18.4 Å². The second-order valence-corrected chi connectivity index (χ2v) is 8.71. The lowest BCUT2D eigenvalue weighted by Gasteiger charge is -2.27. The molecule has 11 nitrogen and oxygen atoms in total. The zero-order chi connectivity index (χ0) is 26.2. The molecule has 36 heavy (non-hydrogen) atoms. The predicted molar refractivity (Wildman–Crippen MR) is 129 cm³/mol. The van der Waals surface area contributed by atoms with Crippen molar-refractivity contribution in [3.8, 4) is 11.5 Å². The zero-order valence-corrected chi connectivity index (χ0v) is 19.6. The number of benzene rings is 2. The van der Waals surface area contributed by atoms with Crippen LogP contribution in [0.5, 0.6) is 11.5 Å². The first-order chi connectivity index (χ1) is 17.1. The van der Waals surface area contributed by atoms with Gasteiger partial charge in [0.1, 0.15) is 23.6 Å². The van der Waals surface area contributed by atoms with Crippen molar-refractivity contribution in [1.29, 1.82) is 0 Å². The Morgan fingerprint density at radius 2 is 1.50 bits per heavy atom. The van der Waals surface area contributed by atoms with Crippen LogP contribution in [0.4, 0.5) is 0 Å². The third-order valence-electron chi connectivity index (χ3n) is 5.98. The van der Waals surface area contributed by atoms with Crippen LogP contribution >= 0.6 is 0 Å². The van der Waals surface area contributed by atoms with Gasteiger partial charge in [-0.3, -0.25) is 14.4 Å². The predicted octanol–water partition coefficient (Wildman–Crippen LogP) is -0.113. The third kappa shape index (κ3) is 7.19. The molecule has 2 aromatic carbocycles. The van der Waals surface area contributed by atoms with E-state index in [-0.39, 0.29) is 30.9 Å². The average Bonchev–Trinajstić information content (AvgIpc) is 3.35. The van der Waals surface area contributed by atoms with E-state index in [1.165, 1.54) is 29.2 Å². The number of carbonyl (C=O) groups excluding carboxylic acids is 3. The van der Waals surface area contributed by atoms with Crippen LogP contribution in [0, 0.1) is 0 Å². The molecule has 7 N–H and O–H groups in total. The third-order valence-corrected chi connectivity index (χ3v) is 5.98. The Bertz CT molecular complexity index is 1090. The number of aromatic hydroxyl groups is 2. The number of phenolic OH excluding ortho intramolecular Hbond substituents is 2. The highest BCUT2D eigenvalue weighted by molar-refractivity contribution is 5.93. The highest BCUT2D eigenvalue weighted by Crippen LogP contribution is 2.20. The summed E-state index contributed by atoms with van der Waals surface area (Å²) < 4.78 is 0. The van der Waals surface area contributed by atoms with Gasteiger partial charge in [-0.2, -0.15) is 0 Å². The summed E-state index contributed by atoms with van der Waals surface area (Å²) in [5.41, 5.74) is 7.31. The summed E-state index contributed by atoms with van der Waals surface area (Å²) in [6.45, 7) is -0.162. The fraction of sp³-hybridized carbons (Fsp3) is 0.360. The number of phenols is 2. The topological polar surface area (TPSA) is 182 Å². The van der Waals surface area contributed by atoms with Crippen molar-refractivity contribution in [2.24, 2.45) is 5.73 Å². The molecule has 1 aliphatic heterocycles. The van der Waals surface area contributed by atoms with Crippen molar-refractivity contribution in [3.63, 3.8) is 0 Å². The van der Waals surface area contributed by atoms with E-state index < -0.39 is 48.4 Å². The number of carboxylic acid groups (broad SMARTS) is 1. The van der Waals surface area contributed by atoms with Crippen molar-refractivity contribution in [3.05, 3.63) is 59.7 Å². The number of carboxylic acids is 1. The molecular formula is C25H30N4O7. The quantitative estimate of drug-likeness (QED) is 0.262. The minimum Gasteiger partial charge on any atom is -0.508 e. The summed E-state index contributed by atoms with van der Waals surface area (Å²) in [4.78, 5) is 51.0. The first kappa shape index (κ1) is 26.5. The van der Waals surface area contributed by atoms with E-state index in [1.807, 2.05) is 0 Å². The van der Waals surface area contributed by atoms with Crippen LogP contribution in [0.2, 0.25) is 0 Å². The number of rotatable bonds is 10. The van der Waals surface area contributed by atoms with Crippen molar-refractivity contribution in [2.45, 2.75) is 43.8 Å². The summed E-state index contributed by atoms with van der Waals surface area (Å²) in [6.07, 6.45) is 1.14. The molecule has 2 aromatic rings. The van der Waals surface area contributed by atoms with Crippen LogP contribution < -0.4 is 16.4 Å². The maximum atomic E-state index is 13.2. The smallest absolute Gasteiger partial charge is 0.326 e. The lowest BCUT2D eigenvalue weighted by Crippen LogP contribution is -2.54. The molecule has 0 bridgehead atoms.